The number of allylic oxidation sites excluding steroid dienone is 1. The van der Waals surface area contributed by atoms with Crippen LogP contribution in [0.25, 0.3) is 59.6 Å². The van der Waals surface area contributed by atoms with E-state index < -0.39 is 6.17 Å². The van der Waals surface area contributed by atoms with Gasteiger partial charge in [0.15, 0.2) is 12.0 Å². The minimum Gasteiger partial charge on any atom is -0.440 e. The molecule has 5 nitrogen and oxygen atoms in total. The van der Waals surface area contributed by atoms with Crippen molar-refractivity contribution in [2.75, 3.05) is 5.73 Å². The Bertz CT molecular complexity index is 2630. The van der Waals surface area contributed by atoms with Crippen molar-refractivity contribution >= 4 is 77.2 Å². The van der Waals surface area contributed by atoms with E-state index in [0.717, 1.165) is 55.2 Å². The van der Waals surface area contributed by atoms with Gasteiger partial charge in [0.05, 0.1) is 5.56 Å². The normalized spacial score (nSPS) is 15.3. The van der Waals surface area contributed by atoms with Crippen LogP contribution in [0.1, 0.15) is 29.8 Å². The van der Waals surface area contributed by atoms with Gasteiger partial charge in [-0.3, -0.25) is 0 Å². The average molecular weight is 607 g/mol. The van der Waals surface area contributed by atoms with Crippen molar-refractivity contribution in [2.45, 2.75) is 13.1 Å². The average Bonchev–Trinajstić information content (AvgIpc) is 3.46. The van der Waals surface area contributed by atoms with Gasteiger partial charge < -0.3 is 15.5 Å². The first kappa shape index (κ1) is 27.1. The van der Waals surface area contributed by atoms with Gasteiger partial charge in [-0.05, 0) is 68.2 Å². The number of aliphatic imine (C=N–C) groups is 2. The van der Waals surface area contributed by atoms with Crippen LogP contribution in [0.15, 0.2) is 154 Å². The Labute approximate surface area is 271 Å². The van der Waals surface area contributed by atoms with E-state index in [9.17, 15) is 0 Å². The summed E-state index contributed by atoms with van der Waals surface area (Å²) >= 11 is 0. The number of anilines is 1. The van der Waals surface area contributed by atoms with Gasteiger partial charge in [-0.1, -0.05) is 121 Å². The van der Waals surface area contributed by atoms with E-state index in [1.54, 1.807) is 0 Å². The molecular weight excluding hydrogens is 576 g/mol. The summed E-state index contributed by atoms with van der Waals surface area (Å²) < 4.78 is 6.01. The van der Waals surface area contributed by atoms with E-state index in [-0.39, 0.29) is 0 Å². The maximum atomic E-state index is 6.56. The number of furan rings is 1. The number of nitrogens with zero attached hydrogens (tertiary/aromatic N) is 2. The summed E-state index contributed by atoms with van der Waals surface area (Å²) in [4.78, 5) is 10.7. The Morgan fingerprint density at radius 1 is 0.660 bits per heavy atom. The third-order valence-electron chi connectivity index (χ3n) is 9.26. The predicted octanol–water partition coefficient (Wildman–Crippen LogP) is 10.2. The van der Waals surface area contributed by atoms with Crippen LogP contribution < -0.4 is 11.1 Å². The highest BCUT2D eigenvalue weighted by atomic mass is 16.3. The second kappa shape index (κ2) is 10.7. The van der Waals surface area contributed by atoms with Gasteiger partial charge in [-0.25, -0.2) is 9.98 Å². The number of para-hydroxylation sites is 1. The summed E-state index contributed by atoms with van der Waals surface area (Å²) in [6, 6.07) is 46.6. The fourth-order valence-electron chi connectivity index (χ4n) is 7.06. The number of hydrogen-bond acceptors (Lipinski definition) is 5. The monoisotopic (exact) mass is 606 g/mol. The Balaban J connectivity index is 1.31. The number of nitrogen functional groups attached to an aromatic ring is 1. The summed E-state index contributed by atoms with van der Waals surface area (Å²) in [5.74, 6) is 1.80. The molecule has 0 amide bonds. The molecule has 3 N–H and O–H groups in total. The maximum Gasteiger partial charge on any atom is 0.199 e. The molecular formula is C42H30N4O. The molecule has 0 fully saturated rings. The van der Waals surface area contributed by atoms with E-state index in [0.29, 0.717) is 11.7 Å². The fourth-order valence-corrected chi connectivity index (χ4v) is 7.06. The molecule has 1 atom stereocenters. The maximum absolute atomic E-state index is 6.56. The quantitative estimate of drug-likeness (QED) is 0.196. The van der Waals surface area contributed by atoms with Crippen LogP contribution in [0.3, 0.4) is 0 Å². The number of fused-ring (bicyclic) bond motifs is 7. The third kappa shape index (κ3) is 4.39. The van der Waals surface area contributed by atoms with E-state index in [1.807, 2.05) is 37.3 Å². The lowest BCUT2D eigenvalue weighted by Gasteiger charge is -2.25. The molecule has 1 aliphatic heterocycles. The number of nitrogens with one attached hydrogen (secondary N) is 1. The molecule has 47 heavy (non-hydrogen) atoms. The molecule has 0 bridgehead atoms. The first-order chi connectivity index (χ1) is 23.2. The van der Waals surface area contributed by atoms with Crippen molar-refractivity contribution in [1.29, 1.82) is 0 Å². The SMILES string of the molecule is C/C=C(/C1=NC(c2cc3ccccc3c3c2ccc2ccccc23)N=C(c2ccc3ccccc3c2)N1)c1c(N)oc2ccccc12. The standard InChI is InChI=1S/C42H30N4O/c1-2-30(38-34-17-9-10-18-36(34)47-39(38)43)41-44-40(29-20-19-25-11-3-4-13-27(25)23-29)45-42(46-41)35-24-28-14-6-8-16-32(28)37-31-15-7-5-12-26(31)21-22-33(35)37/h2-24,42H,43H2,1H3,(H,44,45,46)/b30-2+. The molecule has 7 aromatic carbocycles. The zero-order chi connectivity index (χ0) is 31.5. The van der Waals surface area contributed by atoms with Crippen molar-refractivity contribution in [3.63, 3.8) is 0 Å². The van der Waals surface area contributed by atoms with Crippen LogP contribution in [0.5, 0.6) is 0 Å². The molecule has 1 aliphatic rings. The van der Waals surface area contributed by atoms with Gasteiger partial charge in [0.1, 0.15) is 17.3 Å². The largest absolute Gasteiger partial charge is 0.440 e. The molecule has 0 saturated heterocycles. The van der Waals surface area contributed by atoms with Gasteiger partial charge in [0.25, 0.3) is 0 Å². The smallest absolute Gasteiger partial charge is 0.199 e. The lowest BCUT2D eigenvalue weighted by molar-refractivity contribution is 0.636. The van der Waals surface area contributed by atoms with Crippen molar-refractivity contribution in [2.24, 2.45) is 9.98 Å². The van der Waals surface area contributed by atoms with Crippen LogP contribution >= 0.6 is 0 Å². The van der Waals surface area contributed by atoms with Crippen molar-refractivity contribution in [3.05, 3.63) is 156 Å². The van der Waals surface area contributed by atoms with Crippen LogP contribution in [-0.4, -0.2) is 11.7 Å². The summed E-state index contributed by atoms with van der Waals surface area (Å²) in [5.41, 5.74) is 11.0. The summed E-state index contributed by atoms with van der Waals surface area (Å²) in [5, 5.41) is 14.0. The fraction of sp³-hybridized carbons (Fsp3) is 0.0476. The number of nitrogens with two attached hydrogens (primary N) is 1. The molecule has 0 radical (unpaired) electrons. The van der Waals surface area contributed by atoms with E-state index in [4.69, 9.17) is 20.1 Å². The number of amidine groups is 2. The van der Waals surface area contributed by atoms with Gasteiger partial charge in [0, 0.05) is 22.1 Å². The molecule has 5 heteroatoms. The molecule has 8 aromatic rings. The highest BCUT2D eigenvalue weighted by Crippen LogP contribution is 2.40. The first-order valence-electron chi connectivity index (χ1n) is 15.9. The second-order valence-electron chi connectivity index (χ2n) is 12.0. The lowest BCUT2D eigenvalue weighted by atomic mass is 9.92. The Morgan fingerprint density at radius 2 is 1.32 bits per heavy atom. The molecule has 0 saturated carbocycles. The summed E-state index contributed by atoms with van der Waals surface area (Å²) in [6.07, 6.45) is 1.53. The molecule has 1 aromatic heterocycles. The Kier molecular flexibility index (Phi) is 6.18. The van der Waals surface area contributed by atoms with Gasteiger partial charge in [0.2, 0.25) is 0 Å². The van der Waals surface area contributed by atoms with Gasteiger partial charge in [-0.15, -0.1) is 0 Å². The number of hydrogen-bond donors (Lipinski definition) is 2. The van der Waals surface area contributed by atoms with Gasteiger partial charge >= 0.3 is 0 Å². The second-order valence-corrected chi connectivity index (χ2v) is 12.0. The van der Waals surface area contributed by atoms with E-state index in [1.165, 1.54) is 26.9 Å². The van der Waals surface area contributed by atoms with Crippen molar-refractivity contribution < 1.29 is 4.42 Å². The highest BCUT2D eigenvalue weighted by molar-refractivity contribution is 6.32. The van der Waals surface area contributed by atoms with Crippen molar-refractivity contribution in [3.8, 4) is 0 Å². The summed E-state index contributed by atoms with van der Waals surface area (Å²) in [6.45, 7) is 2.01. The Morgan fingerprint density at radius 3 is 2.13 bits per heavy atom. The van der Waals surface area contributed by atoms with Crippen LogP contribution in [-0.2, 0) is 0 Å². The van der Waals surface area contributed by atoms with E-state index in [2.05, 4.69) is 115 Å². The highest BCUT2D eigenvalue weighted by Gasteiger charge is 2.27. The van der Waals surface area contributed by atoms with Crippen LogP contribution in [0.4, 0.5) is 5.88 Å². The summed E-state index contributed by atoms with van der Waals surface area (Å²) in [7, 11) is 0. The van der Waals surface area contributed by atoms with Crippen LogP contribution in [0.2, 0.25) is 0 Å². The molecule has 2 heterocycles. The minimum atomic E-state index is -0.518. The topological polar surface area (TPSA) is 75.9 Å². The molecule has 0 aliphatic carbocycles. The molecule has 9 rings (SSSR count). The Hall–Kier alpha value is -6.20. The third-order valence-corrected chi connectivity index (χ3v) is 9.26. The minimum absolute atomic E-state index is 0.359. The zero-order valence-electron chi connectivity index (χ0n) is 25.7. The predicted molar refractivity (Wildman–Crippen MR) is 197 cm³/mol. The number of rotatable bonds is 4. The first-order valence-corrected chi connectivity index (χ1v) is 15.9. The van der Waals surface area contributed by atoms with Gasteiger partial charge in [-0.2, -0.15) is 0 Å². The van der Waals surface area contributed by atoms with Crippen molar-refractivity contribution in [1.82, 2.24) is 5.32 Å². The van der Waals surface area contributed by atoms with Crippen LogP contribution in [0, 0.1) is 0 Å². The van der Waals surface area contributed by atoms with E-state index >= 15 is 0 Å². The molecule has 224 valence electrons. The lowest BCUT2D eigenvalue weighted by Crippen LogP contribution is -2.36. The zero-order valence-corrected chi connectivity index (χ0v) is 25.7. The number of benzene rings is 7. The molecule has 0 spiro atoms. The molecule has 1 unspecified atom stereocenters.